The Kier molecular flexibility index (Phi) is 5.22. The zero-order valence-corrected chi connectivity index (χ0v) is 13.2. The largest absolute Gasteiger partial charge is 0.494 e. The first-order valence-electron chi connectivity index (χ1n) is 6.49. The van der Waals surface area contributed by atoms with E-state index in [0.717, 1.165) is 17.8 Å². The maximum Gasteiger partial charge on any atom is 0.271 e. The summed E-state index contributed by atoms with van der Waals surface area (Å²) in [5.74, 6) is 0.707. The third-order valence-corrected chi connectivity index (χ3v) is 5.53. The minimum atomic E-state index is -3.62. The second kappa shape index (κ2) is 6.93. The number of nitrogens with one attached hydrogen (secondary N) is 1. The van der Waals surface area contributed by atoms with Gasteiger partial charge in [0.15, 0.2) is 0 Å². The van der Waals surface area contributed by atoms with E-state index in [9.17, 15) is 8.42 Å². The summed E-state index contributed by atoms with van der Waals surface area (Å²) in [4.78, 5) is 0. The molecule has 2 N–H and O–H groups in total. The highest BCUT2D eigenvalue weighted by Gasteiger charge is 2.16. The molecule has 2 aromatic rings. The molecule has 0 amide bonds. The smallest absolute Gasteiger partial charge is 0.271 e. The highest BCUT2D eigenvalue weighted by atomic mass is 32.2. The van der Waals surface area contributed by atoms with E-state index >= 15 is 0 Å². The minimum absolute atomic E-state index is 0.171. The standard InChI is InChI=1S/C14H17NO4S2/c1-2-7-19-13-5-3-12(4-6-13)15-21(17,18)14-8-11(9-16)10-20-14/h3-6,8,10,15-16H,2,7,9H2,1H3. The van der Waals surface area contributed by atoms with Crippen molar-refractivity contribution in [2.45, 2.75) is 24.2 Å². The minimum Gasteiger partial charge on any atom is -0.494 e. The number of anilines is 1. The van der Waals surface area contributed by atoms with Gasteiger partial charge in [0, 0.05) is 5.69 Å². The van der Waals surface area contributed by atoms with Crippen LogP contribution in [0.5, 0.6) is 5.75 Å². The lowest BCUT2D eigenvalue weighted by Gasteiger charge is -2.08. The number of sulfonamides is 1. The molecule has 1 aromatic heterocycles. The Labute approximate surface area is 128 Å². The summed E-state index contributed by atoms with van der Waals surface area (Å²) in [5.41, 5.74) is 1.06. The quantitative estimate of drug-likeness (QED) is 0.820. The van der Waals surface area contributed by atoms with E-state index in [4.69, 9.17) is 9.84 Å². The third kappa shape index (κ3) is 4.20. The normalized spacial score (nSPS) is 11.3. The molecule has 1 heterocycles. The number of aliphatic hydroxyl groups is 1. The third-order valence-electron chi connectivity index (χ3n) is 2.66. The lowest BCUT2D eigenvalue weighted by atomic mass is 10.3. The van der Waals surface area contributed by atoms with Gasteiger partial charge in [0.2, 0.25) is 0 Å². The zero-order valence-electron chi connectivity index (χ0n) is 11.6. The fourth-order valence-electron chi connectivity index (χ4n) is 1.62. The van der Waals surface area contributed by atoms with E-state index in [2.05, 4.69) is 4.72 Å². The predicted molar refractivity (Wildman–Crippen MR) is 83.3 cm³/mol. The van der Waals surface area contributed by atoms with E-state index in [1.54, 1.807) is 29.6 Å². The SMILES string of the molecule is CCCOc1ccc(NS(=O)(=O)c2cc(CO)cs2)cc1. The van der Waals surface area contributed by atoms with Gasteiger partial charge in [-0.25, -0.2) is 8.42 Å². The molecule has 0 saturated heterocycles. The van der Waals surface area contributed by atoms with Crippen LogP contribution in [0.15, 0.2) is 39.9 Å². The van der Waals surface area contributed by atoms with Crippen LogP contribution in [-0.4, -0.2) is 20.1 Å². The molecule has 0 bridgehead atoms. The average molecular weight is 327 g/mol. The van der Waals surface area contributed by atoms with Crippen molar-refractivity contribution in [3.63, 3.8) is 0 Å². The second-order valence-corrected chi connectivity index (χ2v) is 7.23. The van der Waals surface area contributed by atoms with Crippen LogP contribution in [0, 0.1) is 0 Å². The fourth-order valence-corrected chi connectivity index (χ4v) is 3.88. The number of thiophene rings is 1. The van der Waals surface area contributed by atoms with Crippen LogP contribution in [-0.2, 0) is 16.6 Å². The van der Waals surface area contributed by atoms with Crippen LogP contribution in [0.2, 0.25) is 0 Å². The summed E-state index contributed by atoms with van der Waals surface area (Å²) in [6.45, 7) is 2.48. The molecule has 0 aliphatic rings. The van der Waals surface area contributed by atoms with Gasteiger partial charge in [-0.05, 0) is 47.7 Å². The van der Waals surface area contributed by atoms with Crippen molar-refractivity contribution in [3.05, 3.63) is 41.3 Å². The van der Waals surface area contributed by atoms with Crippen molar-refractivity contribution in [2.24, 2.45) is 0 Å². The van der Waals surface area contributed by atoms with Crippen LogP contribution in [0.1, 0.15) is 18.9 Å². The molecule has 114 valence electrons. The molecule has 0 aliphatic heterocycles. The number of benzene rings is 1. The van der Waals surface area contributed by atoms with Crippen molar-refractivity contribution >= 4 is 27.0 Å². The average Bonchev–Trinajstić information content (AvgIpc) is 2.96. The van der Waals surface area contributed by atoms with Crippen molar-refractivity contribution < 1.29 is 18.3 Å². The lowest BCUT2D eigenvalue weighted by Crippen LogP contribution is -2.11. The molecule has 5 nitrogen and oxygen atoms in total. The Morgan fingerprint density at radius 1 is 1.29 bits per heavy atom. The van der Waals surface area contributed by atoms with Crippen molar-refractivity contribution in [3.8, 4) is 5.75 Å². The van der Waals surface area contributed by atoms with Crippen molar-refractivity contribution in [1.29, 1.82) is 0 Å². The van der Waals surface area contributed by atoms with Crippen LogP contribution >= 0.6 is 11.3 Å². The van der Waals surface area contributed by atoms with Gasteiger partial charge in [0.1, 0.15) is 9.96 Å². The highest BCUT2D eigenvalue weighted by molar-refractivity contribution is 7.94. The van der Waals surface area contributed by atoms with Crippen LogP contribution < -0.4 is 9.46 Å². The Hall–Kier alpha value is -1.57. The molecular formula is C14H17NO4S2. The summed E-state index contributed by atoms with van der Waals surface area (Å²) in [7, 11) is -3.62. The summed E-state index contributed by atoms with van der Waals surface area (Å²) < 4.78 is 32.5. The molecule has 0 aliphatic carbocycles. The summed E-state index contributed by atoms with van der Waals surface area (Å²) in [6, 6.07) is 8.22. The van der Waals surface area contributed by atoms with Gasteiger partial charge in [-0.15, -0.1) is 11.3 Å². The molecular weight excluding hydrogens is 310 g/mol. The van der Waals surface area contributed by atoms with Gasteiger partial charge < -0.3 is 9.84 Å². The fraction of sp³-hybridized carbons (Fsp3) is 0.286. The van der Waals surface area contributed by atoms with Crippen LogP contribution in [0.4, 0.5) is 5.69 Å². The first-order chi connectivity index (χ1) is 10.0. The monoisotopic (exact) mass is 327 g/mol. The molecule has 0 spiro atoms. The Morgan fingerprint density at radius 3 is 2.57 bits per heavy atom. The number of hydrogen-bond acceptors (Lipinski definition) is 5. The van der Waals surface area contributed by atoms with Crippen molar-refractivity contribution in [2.75, 3.05) is 11.3 Å². The van der Waals surface area contributed by atoms with Crippen LogP contribution in [0.3, 0.4) is 0 Å². The van der Waals surface area contributed by atoms with Crippen LogP contribution in [0.25, 0.3) is 0 Å². The summed E-state index contributed by atoms with van der Waals surface area (Å²) in [5, 5.41) is 10.6. The summed E-state index contributed by atoms with van der Waals surface area (Å²) in [6.07, 6.45) is 0.917. The zero-order chi connectivity index (χ0) is 15.3. The topological polar surface area (TPSA) is 75.6 Å². The van der Waals surface area contributed by atoms with E-state index in [-0.39, 0.29) is 10.8 Å². The molecule has 0 radical (unpaired) electrons. The van der Waals surface area contributed by atoms with E-state index in [1.165, 1.54) is 6.07 Å². The first-order valence-corrected chi connectivity index (χ1v) is 8.85. The van der Waals surface area contributed by atoms with Gasteiger partial charge in [-0.3, -0.25) is 4.72 Å². The molecule has 2 rings (SSSR count). The molecule has 0 saturated carbocycles. The molecule has 0 atom stereocenters. The maximum atomic E-state index is 12.2. The van der Waals surface area contributed by atoms with Gasteiger partial charge in [-0.2, -0.15) is 0 Å². The number of hydrogen-bond donors (Lipinski definition) is 2. The first kappa shape index (κ1) is 15.8. The Balaban J connectivity index is 2.09. The molecule has 21 heavy (non-hydrogen) atoms. The number of aliphatic hydroxyl groups excluding tert-OH is 1. The van der Waals surface area contributed by atoms with Gasteiger partial charge in [-0.1, -0.05) is 6.92 Å². The van der Waals surface area contributed by atoms with Gasteiger partial charge in [0.25, 0.3) is 10.0 Å². The lowest BCUT2D eigenvalue weighted by molar-refractivity contribution is 0.282. The predicted octanol–water partition coefficient (Wildman–Crippen LogP) is 2.83. The molecule has 0 fully saturated rings. The van der Waals surface area contributed by atoms with E-state index < -0.39 is 10.0 Å². The van der Waals surface area contributed by atoms with Gasteiger partial charge >= 0.3 is 0 Å². The highest BCUT2D eigenvalue weighted by Crippen LogP contribution is 2.24. The Bertz CT molecular complexity index is 677. The van der Waals surface area contributed by atoms with E-state index in [1.807, 2.05) is 6.92 Å². The number of ether oxygens (including phenoxy) is 1. The summed E-state index contributed by atoms with van der Waals surface area (Å²) >= 11 is 1.08. The molecule has 7 heteroatoms. The number of rotatable bonds is 7. The maximum absolute atomic E-state index is 12.2. The van der Waals surface area contributed by atoms with Gasteiger partial charge in [0.05, 0.1) is 13.2 Å². The second-order valence-electron chi connectivity index (χ2n) is 4.41. The Morgan fingerprint density at radius 2 is 2.00 bits per heavy atom. The van der Waals surface area contributed by atoms with E-state index in [0.29, 0.717) is 23.6 Å². The molecule has 1 aromatic carbocycles. The molecule has 0 unspecified atom stereocenters. The van der Waals surface area contributed by atoms with Crippen molar-refractivity contribution in [1.82, 2.24) is 0 Å².